The predicted molar refractivity (Wildman–Crippen MR) is 107 cm³/mol. The number of rotatable bonds is 5. The van der Waals surface area contributed by atoms with Crippen LogP contribution in [0.3, 0.4) is 0 Å². The van der Waals surface area contributed by atoms with Crippen molar-refractivity contribution in [1.82, 2.24) is 9.88 Å². The second-order valence-corrected chi connectivity index (χ2v) is 7.96. The van der Waals surface area contributed by atoms with Crippen LogP contribution in [0.2, 0.25) is 10.2 Å². The molecule has 0 spiro atoms. The molecule has 6 heteroatoms. The van der Waals surface area contributed by atoms with E-state index in [1.807, 2.05) is 0 Å². The lowest BCUT2D eigenvalue weighted by molar-refractivity contribution is 0.174. The minimum atomic E-state index is -0.348. The lowest BCUT2D eigenvalue weighted by Crippen LogP contribution is -2.34. The lowest BCUT2D eigenvalue weighted by Gasteiger charge is -2.32. The fourth-order valence-electron chi connectivity index (χ4n) is 3.53. The number of aromatic nitrogens is 1. The highest BCUT2D eigenvalue weighted by molar-refractivity contribution is 6.30. The number of likely N-dealkylation sites (tertiary alicyclic amines) is 1. The smallest absolute Gasteiger partial charge is 0.152 e. The van der Waals surface area contributed by atoms with Gasteiger partial charge in [0.2, 0.25) is 0 Å². The minimum absolute atomic E-state index is 0.151. The summed E-state index contributed by atoms with van der Waals surface area (Å²) in [5, 5.41) is 0.441. The molecular formula is C21H22Cl2F2N2. The molecule has 2 nitrogen and oxygen atoms in total. The Hall–Kier alpha value is -1.49. The number of hydrogen-bond donors (Lipinski definition) is 0. The Morgan fingerprint density at radius 3 is 2.59 bits per heavy atom. The van der Waals surface area contributed by atoms with Gasteiger partial charge in [-0.1, -0.05) is 41.9 Å². The molecule has 1 aliphatic rings. The van der Waals surface area contributed by atoms with E-state index in [2.05, 4.69) is 16.5 Å². The van der Waals surface area contributed by atoms with Crippen LogP contribution in [0.15, 0.2) is 30.8 Å². The first-order valence-corrected chi connectivity index (χ1v) is 9.76. The highest BCUT2D eigenvalue weighted by atomic mass is 35.5. The summed E-state index contributed by atoms with van der Waals surface area (Å²) in [4.78, 5) is 6.39. The molecule has 2 heterocycles. The molecule has 144 valence electrons. The van der Waals surface area contributed by atoms with E-state index in [1.165, 1.54) is 6.07 Å². The van der Waals surface area contributed by atoms with Gasteiger partial charge in [0, 0.05) is 17.7 Å². The fourth-order valence-corrected chi connectivity index (χ4v) is 3.93. The molecule has 27 heavy (non-hydrogen) atoms. The van der Waals surface area contributed by atoms with Gasteiger partial charge in [-0.15, -0.1) is 0 Å². The van der Waals surface area contributed by atoms with Gasteiger partial charge in [0.05, 0.1) is 10.7 Å². The van der Waals surface area contributed by atoms with Gasteiger partial charge in [-0.2, -0.15) is 0 Å². The number of pyridine rings is 1. The molecular weight excluding hydrogens is 389 g/mol. The number of halogens is 4. The van der Waals surface area contributed by atoms with E-state index in [0.717, 1.165) is 25.9 Å². The zero-order valence-corrected chi connectivity index (χ0v) is 16.8. The molecule has 1 aliphatic heterocycles. The summed E-state index contributed by atoms with van der Waals surface area (Å²) in [6, 6.07) is 6.60. The first-order valence-electron chi connectivity index (χ1n) is 9.01. The molecule has 1 fully saturated rings. The van der Waals surface area contributed by atoms with E-state index in [-0.39, 0.29) is 16.7 Å². The first-order chi connectivity index (χ1) is 12.8. The topological polar surface area (TPSA) is 16.1 Å². The summed E-state index contributed by atoms with van der Waals surface area (Å²) in [7, 11) is 0. The molecule has 1 aromatic heterocycles. The highest BCUT2D eigenvalue weighted by Gasteiger charge is 2.23. The Kier molecular flexibility index (Phi) is 6.51. The summed E-state index contributed by atoms with van der Waals surface area (Å²) < 4.78 is 28.7. The number of piperidine rings is 1. The molecule has 2 aromatic rings. The van der Waals surface area contributed by atoms with Crippen molar-refractivity contribution in [2.75, 3.05) is 13.1 Å². The van der Waals surface area contributed by atoms with Gasteiger partial charge in [-0.05, 0) is 62.9 Å². The Morgan fingerprint density at radius 2 is 1.93 bits per heavy atom. The number of benzene rings is 1. The SMILES string of the molecule is C=C(C)c1cc(Cl)nc(CC2CCN(Cc3cccc(Cl)c3F)CC2)c1F. The van der Waals surface area contributed by atoms with E-state index >= 15 is 0 Å². The van der Waals surface area contributed by atoms with Crippen molar-refractivity contribution in [2.24, 2.45) is 5.92 Å². The summed E-state index contributed by atoms with van der Waals surface area (Å²) >= 11 is 11.9. The maximum atomic E-state index is 14.7. The van der Waals surface area contributed by atoms with E-state index < -0.39 is 0 Å². The molecule has 0 radical (unpaired) electrons. The van der Waals surface area contributed by atoms with Crippen molar-refractivity contribution < 1.29 is 8.78 Å². The molecule has 0 atom stereocenters. The Labute approximate surface area is 168 Å². The van der Waals surface area contributed by atoms with Crippen LogP contribution in [0.4, 0.5) is 8.78 Å². The van der Waals surface area contributed by atoms with Gasteiger partial charge in [-0.25, -0.2) is 13.8 Å². The molecule has 0 unspecified atom stereocenters. The van der Waals surface area contributed by atoms with Crippen molar-refractivity contribution >= 4 is 28.8 Å². The number of nitrogens with zero attached hydrogens (tertiary/aromatic N) is 2. The minimum Gasteiger partial charge on any atom is -0.299 e. The van der Waals surface area contributed by atoms with E-state index in [0.29, 0.717) is 46.4 Å². The van der Waals surface area contributed by atoms with Gasteiger partial charge in [0.25, 0.3) is 0 Å². The summed E-state index contributed by atoms with van der Waals surface area (Å²) in [6.45, 7) is 7.74. The highest BCUT2D eigenvalue weighted by Crippen LogP contribution is 2.28. The van der Waals surface area contributed by atoms with E-state index in [1.54, 1.807) is 25.1 Å². The standard InChI is InChI=1S/C21H22Cl2F2N2/c1-13(2)16-11-19(23)26-18(21(16)25)10-14-6-8-27(9-7-14)12-15-4-3-5-17(22)20(15)24/h3-5,11,14H,1,6-10,12H2,2H3. The second-order valence-electron chi connectivity index (χ2n) is 7.17. The van der Waals surface area contributed by atoms with E-state index in [9.17, 15) is 8.78 Å². The molecule has 1 aromatic carbocycles. The predicted octanol–water partition coefficient (Wildman–Crippen LogP) is 6.15. The van der Waals surface area contributed by atoms with Crippen LogP contribution in [0.1, 0.15) is 36.6 Å². The normalized spacial score (nSPS) is 15.9. The van der Waals surface area contributed by atoms with Crippen LogP contribution in [0, 0.1) is 17.6 Å². The van der Waals surface area contributed by atoms with Gasteiger partial charge >= 0.3 is 0 Å². The van der Waals surface area contributed by atoms with E-state index in [4.69, 9.17) is 23.2 Å². The molecule has 1 saturated heterocycles. The molecule has 0 aliphatic carbocycles. The number of allylic oxidation sites excluding steroid dienone is 1. The van der Waals surface area contributed by atoms with Crippen LogP contribution < -0.4 is 0 Å². The molecule has 0 amide bonds. The van der Waals surface area contributed by atoms with Gasteiger partial charge < -0.3 is 0 Å². The number of hydrogen-bond acceptors (Lipinski definition) is 2. The Balaban J connectivity index is 1.62. The van der Waals surface area contributed by atoms with Crippen LogP contribution >= 0.6 is 23.2 Å². The molecule has 0 saturated carbocycles. The van der Waals surface area contributed by atoms with Crippen molar-refractivity contribution in [2.45, 2.75) is 32.7 Å². The van der Waals surface area contributed by atoms with Gasteiger partial charge in [0.1, 0.15) is 11.0 Å². The van der Waals surface area contributed by atoms with Crippen molar-refractivity contribution in [1.29, 1.82) is 0 Å². The Bertz CT molecular complexity index is 846. The van der Waals surface area contributed by atoms with Gasteiger partial charge in [0.15, 0.2) is 5.82 Å². The third kappa shape index (κ3) is 4.87. The maximum absolute atomic E-state index is 14.7. The quantitative estimate of drug-likeness (QED) is 0.549. The zero-order chi connectivity index (χ0) is 19.6. The van der Waals surface area contributed by atoms with Crippen molar-refractivity contribution in [3.05, 3.63) is 69.5 Å². The molecule has 0 bridgehead atoms. The lowest BCUT2D eigenvalue weighted by atomic mass is 9.91. The summed E-state index contributed by atoms with van der Waals surface area (Å²) in [5.41, 5.74) is 2.07. The van der Waals surface area contributed by atoms with Crippen molar-refractivity contribution in [3.8, 4) is 0 Å². The summed E-state index contributed by atoms with van der Waals surface area (Å²) in [6.07, 6.45) is 2.35. The van der Waals surface area contributed by atoms with Crippen LogP contribution in [-0.4, -0.2) is 23.0 Å². The average Bonchev–Trinajstić information content (AvgIpc) is 2.63. The third-order valence-electron chi connectivity index (χ3n) is 5.07. The van der Waals surface area contributed by atoms with Crippen molar-refractivity contribution in [3.63, 3.8) is 0 Å². The first kappa shape index (κ1) is 20.2. The Morgan fingerprint density at radius 1 is 1.22 bits per heavy atom. The monoisotopic (exact) mass is 410 g/mol. The van der Waals surface area contributed by atoms with Crippen LogP contribution in [0.5, 0.6) is 0 Å². The maximum Gasteiger partial charge on any atom is 0.152 e. The largest absolute Gasteiger partial charge is 0.299 e. The molecule has 3 rings (SSSR count). The third-order valence-corrected chi connectivity index (χ3v) is 5.56. The summed E-state index contributed by atoms with van der Waals surface area (Å²) in [5.74, 6) is -0.349. The fraction of sp³-hybridized carbons (Fsp3) is 0.381. The molecule has 0 N–H and O–H groups in total. The van der Waals surface area contributed by atoms with Crippen LogP contribution in [-0.2, 0) is 13.0 Å². The average molecular weight is 411 g/mol. The second kappa shape index (κ2) is 8.68. The zero-order valence-electron chi connectivity index (χ0n) is 15.2. The van der Waals surface area contributed by atoms with Gasteiger partial charge in [-0.3, -0.25) is 4.90 Å². The van der Waals surface area contributed by atoms with Crippen LogP contribution in [0.25, 0.3) is 5.57 Å².